The zero-order valence-electron chi connectivity index (χ0n) is 11.8. The summed E-state index contributed by atoms with van der Waals surface area (Å²) in [5.74, 6) is -0.667. The maximum atomic E-state index is 12.4. The van der Waals surface area contributed by atoms with Crippen molar-refractivity contribution < 1.29 is 18.7 Å². The van der Waals surface area contributed by atoms with E-state index in [4.69, 9.17) is 20.8 Å². The topological polar surface area (TPSA) is 59.8 Å². The van der Waals surface area contributed by atoms with Crippen LogP contribution in [-0.4, -0.2) is 35.0 Å². The van der Waals surface area contributed by atoms with Crippen LogP contribution in [0.4, 0.5) is 0 Å². The van der Waals surface area contributed by atoms with Crippen molar-refractivity contribution in [2.45, 2.75) is 45.3 Å². The molecule has 20 heavy (non-hydrogen) atoms. The van der Waals surface area contributed by atoms with E-state index >= 15 is 0 Å². The number of carbonyl (C=O) groups is 2. The molecule has 2 rings (SSSR count). The molecule has 1 fully saturated rings. The lowest BCUT2D eigenvalue weighted by Gasteiger charge is -2.27. The first-order valence-corrected chi connectivity index (χ1v) is 6.94. The van der Waals surface area contributed by atoms with Crippen LogP contribution in [0, 0.1) is 0 Å². The van der Waals surface area contributed by atoms with E-state index in [2.05, 4.69) is 0 Å². The Morgan fingerprint density at radius 3 is 2.70 bits per heavy atom. The largest absolute Gasteiger partial charge is 0.458 e. The van der Waals surface area contributed by atoms with Crippen LogP contribution < -0.4 is 0 Å². The number of hydrogen-bond acceptors (Lipinski definition) is 4. The lowest BCUT2D eigenvalue weighted by atomic mass is 10.1. The van der Waals surface area contributed by atoms with E-state index in [1.807, 2.05) is 0 Å². The lowest BCUT2D eigenvalue weighted by Crippen LogP contribution is -2.43. The smallest absolute Gasteiger partial charge is 0.329 e. The van der Waals surface area contributed by atoms with Crippen molar-refractivity contribution in [3.8, 4) is 0 Å². The average molecular weight is 300 g/mol. The Hall–Kier alpha value is -1.49. The molecule has 1 aromatic heterocycles. The van der Waals surface area contributed by atoms with Gasteiger partial charge in [0.1, 0.15) is 11.6 Å². The average Bonchev–Trinajstić information content (AvgIpc) is 2.93. The quantitative estimate of drug-likeness (QED) is 0.788. The molecular weight excluding hydrogens is 282 g/mol. The van der Waals surface area contributed by atoms with Crippen LogP contribution in [0.25, 0.3) is 0 Å². The molecule has 1 amide bonds. The van der Waals surface area contributed by atoms with Crippen molar-refractivity contribution in [3.05, 3.63) is 23.1 Å². The fourth-order valence-electron chi connectivity index (χ4n) is 2.23. The maximum Gasteiger partial charge on any atom is 0.329 e. The van der Waals surface area contributed by atoms with E-state index in [0.717, 1.165) is 6.42 Å². The summed E-state index contributed by atoms with van der Waals surface area (Å²) in [6.07, 6.45) is 2.73. The molecule has 1 atom stereocenters. The molecule has 0 spiro atoms. The van der Waals surface area contributed by atoms with Gasteiger partial charge in [0.05, 0.1) is 11.8 Å². The van der Waals surface area contributed by atoms with Gasteiger partial charge in [-0.2, -0.15) is 0 Å². The highest BCUT2D eigenvalue weighted by molar-refractivity contribution is 6.32. The van der Waals surface area contributed by atoms with E-state index < -0.39 is 11.6 Å². The summed E-state index contributed by atoms with van der Waals surface area (Å²) < 4.78 is 10.3. The number of carbonyl (C=O) groups excluding carboxylic acids is 2. The second-order valence-electron chi connectivity index (χ2n) is 5.80. The molecule has 1 aliphatic heterocycles. The van der Waals surface area contributed by atoms with Crippen LogP contribution >= 0.6 is 11.6 Å². The minimum Gasteiger partial charge on any atom is -0.458 e. The molecule has 5 nitrogen and oxygen atoms in total. The molecule has 2 heterocycles. The Bertz CT molecular complexity index is 517. The normalized spacial score (nSPS) is 19.2. The second kappa shape index (κ2) is 5.48. The van der Waals surface area contributed by atoms with E-state index in [9.17, 15) is 9.59 Å². The number of ether oxygens (including phenoxy) is 1. The number of esters is 1. The van der Waals surface area contributed by atoms with Gasteiger partial charge >= 0.3 is 5.97 Å². The van der Waals surface area contributed by atoms with Crippen molar-refractivity contribution in [2.24, 2.45) is 0 Å². The summed E-state index contributed by atoms with van der Waals surface area (Å²) in [4.78, 5) is 26.0. The van der Waals surface area contributed by atoms with Crippen LogP contribution in [0.3, 0.4) is 0 Å². The molecule has 1 aliphatic rings. The van der Waals surface area contributed by atoms with E-state index in [-0.39, 0.29) is 22.7 Å². The highest BCUT2D eigenvalue weighted by Gasteiger charge is 2.38. The Labute approximate surface area is 122 Å². The van der Waals surface area contributed by atoms with Gasteiger partial charge in [0.15, 0.2) is 0 Å². The third-order valence-corrected chi connectivity index (χ3v) is 3.33. The Morgan fingerprint density at radius 2 is 2.15 bits per heavy atom. The Balaban J connectivity index is 2.13. The Kier molecular flexibility index (Phi) is 4.09. The van der Waals surface area contributed by atoms with Gasteiger partial charge in [-0.1, -0.05) is 0 Å². The number of likely N-dealkylation sites (tertiary alicyclic amines) is 1. The highest BCUT2D eigenvalue weighted by Crippen LogP contribution is 2.26. The van der Waals surface area contributed by atoms with Gasteiger partial charge < -0.3 is 14.1 Å². The molecule has 0 bridgehead atoms. The molecule has 0 aromatic carbocycles. The van der Waals surface area contributed by atoms with E-state index in [1.54, 1.807) is 20.8 Å². The number of rotatable bonds is 2. The van der Waals surface area contributed by atoms with Crippen LogP contribution in [0.15, 0.2) is 16.7 Å². The van der Waals surface area contributed by atoms with Crippen molar-refractivity contribution in [3.63, 3.8) is 0 Å². The van der Waals surface area contributed by atoms with Gasteiger partial charge in [0.2, 0.25) is 5.22 Å². The van der Waals surface area contributed by atoms with Crippen molar-refractivity contribution in [1.29, 1.82) is 0 Å². The summed E-state index contributed by atoms with van der Waals surface area (Å²) >= 11 is 5.82. The summed E-state index contributed by atoms with van der Waals surface area (Å²) in [7, 11) is 0. The standard InChI is InChI=1S/C14H18ClNO4/c1-14(2,3)20-13(18)10-5-4-7-16(10)12(17)9-6-8-19-11(9)15/h6,8,10H,4-5,7H2,1-3H3/t10-/m1/s1. The number of furan rings is 1. The van der Waals surface area contributed by atoms with Gasteiger partial charge in [-0.25, -0.2) is 4.79 Å². The SMILES string of the molecule is CC(C)(C)OC(=O)[C@H]1CCCN1C(=O)c1ccoc1Cl. The van der Waals surface area contributed by atoms with Gasteiger partial charge in [-0.3, -0.25) is 4.79 Å². The number of halogens is 1. The molecule has 0 N–H and O–H groups in total. The minimum absolute atomic E-state index is 0.0461. The summed E-state index contributed by atoms with van der Waals surface area (Å²) in [6, 6.07) is 0.961. The van der Waals surface area contributed by atoms with Gasteiger partial charge in [-0.05, 0) is 51.3 Å². The molecule has 1 saturated heterocycles. The first-order valence-electron chi connectivity index (χ1n) is 6.56. The number of nitrogens with zero attached hydrogens (tertiary/aromatic N) is 1. The molecular formula is C14H18ClNO4. The molecule has 0 saturated carbocycles. The zero-order valence-corrected chi connectivity index (χ0v) is 12.6. The second-order valence-corrected chi connectivity index (χ2v) is 6.14. The van der Waals surface area contributed by atoms with Crippen LogP contribution in [0.2, 0.25) is 5.22 Å². The highest BCUT2D eigenvalue weighted by atomic mass is 35.5. The molecule has 110 valence electrons. The molecule has 1 aromatic rings. The maximum absolute atomic E-state index is 12.4. The lowest BCUT2D eigenvalue weighted by molar-refractivity contribution is -0.159. The molecule has 0 radical (unpaired) electrons. The van der Waals surface area contributed by atoms with Crippen LogP contribution in [-0.2, 0) is 9.53 Å². The fraction of sp³-hybridized carbons (Fsp3) is 0.571. The minimum atomic E-state index is -0.568. The van der Waals surface area contributed by atoms with Gasteiger partial charge in [-0.15, -0.1) is 0 Å². The van der Waals surface area contributed by atoms with E-state index in [0.29, 0.717) is 13.0 Å². The molecule has 0 unspecified atom stereocenters. The summed E-state index contributed by atoms with van der Waals surface area (Å²) in [5, 5.41) is 0.0461. The molecule has 0 aliphatic carbocycles. The van der Waals surface area contributed by atoms with Crippen molar-refractivity contribution in [2.75, 3.05) is 6.54 Å². The Morgan fingerprint density at radius 1 is 1.45 bits per heavy atom. The van der Waals surface area contributed by atoms with Crippen molar-refractivity contribution >= 4 is 23.5 Å². The summed E-state index contributed by atoms with van der Waals surface area (Å²) in [5.41, 5.74) is -0.288. The van der Waals surface area contributed by atoms with Crippen LogP contribution in [0.1, 0.15) is 44.0 Å². The fourth-order valence-corrected chi connectivity index (χ4v) is 2.42. The molecule has 6 heteroatoms. The predicted molar refractivity (Wildman–Crippen MR) is 73.6 cm³/mol. The van der Waals surface area contributed by atoms with Gasteiger partial charge in [0.25, 0.3) is 5.91 Å². The van der Waals surface area contributed by atoms with Crippen LogP contribution in [0.5, 0.6) is 0 Å². The number of amides is 1. The number of hydrogen-bond donors (Lipinski definition) is 0. The zero-order chi connectivity index (χ0) is 14.9. The first-order chi connectivity index (χ1) is 9.29. The van der Waals surface area contributed by atoms with Gasteiger partial charge in [0, 0.05) is 6.54 Å². The third-order valence-electron chi connectivity index (χ3n) is 3.04. The van der Waals surface area contributed by atoms with Crippen molar-refractivity contribution in [1.82, 2.24) is 4.90 Å². The first kappa shape index (κ1) is 14.9. The monoisotopic (exact) mass is 299 g/mol. The third kappa shape index (κ3) is 3.15. The summed E-state index contributed by atoms with van der Waals surface area (Å²) in [6.45, 7) is 5.93. The predicted octanol–water partition coefficient (Wildman–Crippen LogP) is 2.88. The van der Waals surface area contributed by atoms with E-state index in [1.165, 1.54) is 17.2 Å².